The number of carbonyl (C=O) groups excluding carboxylic acids is 1. The molecule has 0 bridgehead atoms. The lowest BCUT2D eigenvalue weighted by Gasteiger charge is -2.13. The monoisotopic (exact) mass is 456 g/mol. The summed E-state index contributed by atoms with van der Waals surface area (Å²) >= 11 is 1.14. The first-order valence-electron chi connectivity index (χ1n) is 8.53. The van der Waals surface area contributed by atoms with Gasteiger partial charge in [-0.2, -0.15) is 31.4 Å². The molecule has 0 saturated heterocycles. The fourth-order valence-electron chi connectivity index (χ4n) is 2.90. The Bertz CT molecular complexity index is 1260. The second kappa shape index (κ2) is 7.38. The van der Waals surface area contributed by atoms with Crippen LogP contribution in [-0.2, 0) is 12.4 Å². The lowest BCUT2D eigenvalue weighted by Crippen LogP contribution is -2.17. The molecule has 160 valence electrons. The second-order valence-corrected chi connectivity index (χ2v) is 7.24. The van der Waals surface area contributed by atoms with E-state index < -0.39 is 46.4 Å². The zero-order valence-corrected chi connectivity index (χ0v) is 15.9. The fraction of sp³-hybridized carbons (Fsp3) is 0.105. The van der Waals surface area contributed by atoms with Gasteiger partial charge in [0.2, 0.25) is 0 Å². The molecule has 3 heterocycles. The van der Waals surface area contributed by atoms with Gasteiger partial charge in [-0.15, -0.1) is 11.3 Å². The molecule has 0 aliphatic rings. The van der Waals surface area contributed by atoms with Crippen LogP contribution in [0.5, 0.6) is 0 Å². The predicted molar refractivity (Wildman–Crippen MR) is 101 cm³/mol. The SMILES string of the molecule is O=C(Nc1ccccc1C(F)(F)F)c1cnn2c(C(F)(F)F)cc(-c3cccs3)nc12. The predicted octanol–water partition coefficient (Wildman–Crippen LogP) is 5.75. The van der Waals surface area contributed by atoms with Crippen molar-refractivity contribution in [2.45, 2.75) is 12.4 Å². The molecule has 0 unspecified atom stereocenters. The van der Waals surface area contributed by atoms with E-state index in [9.17, 15) is 31.1 Å². The smallest absolute Gasteiger partial charge is 0.321 e. The molecule has 3 aromatic heterocycles. The largest absolute Gasteiger partial charge is 0.433 e. The van der Waals surface area contributed by atoms with Crippen molar-refractivity contribution in [1.82, 2.24) is 14.6 Å². The molecular formula is C19H10F6N4OS. The summed E-state index contributed by atoms with van der Waals surface area (Å²) in [5.41, 5.74) is -3.68. The van der Waals surface area contributed by atoms with Gasteiger partial charge in [-0.25, -0.2) is 9.50 Å². The molecule has 0 atom stereocenters. The van der Waals surface area contributed by atoms with Crippen molar-refractivity contribution in [3.8, 4) is 10.6 Å². The Labute approximate surface area is 174 Å². The number of aromatic nitrogens is 3. The van der Waals surface area contributed by atoms with Gasteiger partial charge in [0.25, 0.3) is 5.91 Å². The molecule has 0 fully saturated rings. The van der Waals surface area contributed by atoms with E-state index >= 15 is 0 Å². The van der Waals surface area contributed by atoms with Crippen LogP contribution in [0.15, 0.2) is 54.0 Å². The molecule has 0 aliphatic heterocycles. The van der Waals surface area contributed by atoms with Crippen LogP contribution in [0.2, 0.25) is 0 Å². The van der Waals surface area contributed by atoms with Crippen LogP contribution in [0.1, 0.15) is 21.6 Å². The molecule has 0 spiro atoms. The molecule has 1 aromatic carbocycles. The highest BCUT2D eigenvalue weighted by Crippen LogP contribution is 2.36. The highest BCUT2D eigenvalue weighted by atomic mass is 32.1. The topological polar surface area (TPSA) is 59.3 Å². The summed E-state index contributed by atoms with van der Waals surface area (Å²) in [7, 11) is 0. The van der Waals surface area contributed by atoms with E-state index in [4.69, 9.17) is 0 Å². The second-order valence-electron chi connectivity index (χ2n) is 6.29. The summed E-state index contributed by atoms with van der Waals surface area (Å²) in [6.07, 6.45) is -8.71. The minimum atomic E-state index is -4.81. The van der Waals surface area contributed by atoms with Crippen molar-refractivity contribution < 1.29 is 31.1 Å². The number of hydrogen-bond donors (Lipinski definition) is 1. The molecule has 12 heteroatoms. The van der Waals surface area contributed by atoms with Crippen molar-refractivity contribution in [2.75, 3.05) is 5.32 Å². The maximum absolute atomic E-state index is 13.6. The molecule has 0 radical (unpaired) electrons. The van der Waals surface area contributed by atoms with Crippen molar-refractivity contribution >= 4 is 28.6 Å². The van der Waals surface area contributed by atoms with Crippen LogP contribution < -0.4 is 5.32 Å². The lowest BCUT2D eigenvalue weighted by atomic mass is 10.1. The minimum absolute atomic E-state index is 0.0416. The molecule has 1 N–H and O–H groups in total. The normalized spacial score (nSPS) is 12.3. The quantitative estimate of drug-likeness (QED) is 0.400. The molecule has 5 nitrogen and oxygen atoms in total. The lowest BCUT2D eigenvalue weighted by molar-refractivity contribution is -0.142. The molecule has 4 aromatic rings. The number of nitrogens with one attached hydrogen (secondary N) is 1. The summed E-state index contributed by atoms with van der Waals surface area (Å²) in [5, 5.41) is 7.33. The number of anilines is 1. The van der Waals surface area contributed by atoms with E-state index in [1.807, 2.05) is 0 Å². The van der Waals surface area contributed by atoms with Gasteiger partial charge >= 0.3 is 12.4 Å². The number of thiophene rings is 1. The Balaban J connectivity index is 1.82. The summed E-state index contributed by atoms with van der Waals surface area (Å²) in [6.45, 7) is 0. The third-order valence-corrected chi connectivity index (χ3v) is 5.15. The maximum atomic E-state index is 13.6. The van der Waals surface area contributed by atoms with Crippen molar-refractivity contribution in [1.29, 1.82) is 0 Å². The van der Waals surface area contributed by atoms with Crippen LogP contribution >= 0.6 is 11.3 Å². The summed E-state index contributed by atoms with van der Waals surface area (Å²) in [4.78, 5) is 17.2. The zero-order chi connectivity index (χ0) is 22.4. The van der Waals surface area contributed by atoms with Crippen molar-refractivity contribution in [3.05, 3.63) is 70.9 Å². The standard InChI is InChI=1S/C19H10F6N4OS/c20-18(21,22)11-4-1-2-5-12(11)28-17(30)10-9-26-29-15(19(23,24)25)8-13(27-16(10)29)14-6-3-7-31-14/h1-9H,(H,28,30). The molecular weight excluding hydrogens is 446 g/mol. The van der Waals surface area contributed by atoms with E-state index in [2.05, 4.69) is 15.4 Å². The first-order valence-corrected chi connectivity index (χ1v) is 9.41. The number of para-hydroxylation sites is 1. The van der Waals surface area contributed by atoms with Gasteiger partial charge in [0.05, 0.1) is 28.0 Å². The van der Waals surface area contributed by atoms with Gasteiger partial charge in [-0.1, -0.05) is 18.2 Å². The van der Waals surface area contributed by atoms with E-state index in [-0.39, 0.29) is 5.69 Å². The Morgan fingerprint density at radius 1 is 1.00 bits per heavy atom. The number of nitrogens with zero attached hydrogens (tertiary/aromatic N) is 3. The summed E-state index contributed by atoms with van der Waals surface area (Å²) in [5.74, 6) is -1.07. The number of halogens is 6. The number of amides is 1. The number of alkyl halides is 6. The highest BCUT2D eigenvalue weighted by Gasteiger charge is 2.37. The first kappa shape index (κ1) is 20.8. The third-order valence-electron chi connectivity index (χ3n) is 4.26. The van der Waals surface area contributed by atoms with E-state index in [0.717, 1.165) is 41.8 Å². The molecule has 0 aliphatic carbocycles. The van der Waals surface area contributed by atoms with E-state index in [1.54, 1.807) is 17.5 Å². The number of rotatable bonds is 3. The molecule has 31 heavy (non-hydrogen) atoms. The van der Waals surface area contributed by atoms with Crippen LogP contribution in [-0.4, -0.2) is 20.5 Å². The molecule has 4 rings (SSSR count). The summed E-state index contributed by atoms with van der Waals surface area (Å²) in [6, 6.07) is 8.23. The number of fused-ring (bicyclic) bond motifs is 1. The maximum Gasteiger partial charge on any atom is 0.433 e. The van der Waals surface area contributed by atoms with Gasteiger partial charge < -0.3 is 5.32 Å². The Morgan fingerprint density at radius 2 is 1.74 bits per heavy atom. The van der Waals surface area contributed by atoms with Crippen LogP contribution in [0.25, 0.3) is 16.2 Å². The fourth-order valence-corrected chi connectivity index (χ4v) is 3.59. The van der Waals surface area contributed by atoms with Gasteiger partial charge in [0.1, 0.15) is 5.56 Å². The Hall–Kier alpha value is -3.41. The van der Waals surface area contributed by atoms with Crippen LogP contribution in [0.4, 0.5) is 32.0 Å². The van der Waals surface area contributed by atoms with Crippen molar-refractivity contribution in [3.63, 3.8) is 0 Å². The van der Waals surface area contributed by atoms with Gasteiger partial charge in [0, 0.05) is 0 Å². The zero-order valence-electron chi connectivity index (χ0n) is 15.1. The average molecular weight is 456 g/mol. The third kappa shape index (κ3) is 3.98. The minimum Gasteiger partial charge on any atom is -0.321 e. The number of benzene rings is 1. The van der Waals surface area contributed by atoms with Crippen molar-refractivity contribution in [2.24, 2.45) is 0 Å². The highest BCUT2D eigenvalue weighted by molar-refractivity contribution is 7.13. The number of carbonyl (C=O) groups is 1. The molecule has 0 saturated carbocycles. The summed E-state index contributed by atoms with van der Waals surface area (Å²) < 4.78 is 80.7. The number of hydrogen-bond acceptors (Lipinski definition) is 4. The molecule has 1 amide bonds. The van der Waals surface area contributed by atoms with Crippen LogP contribution in [0.3, 0.4) is 0 Å². The van der Waals surface area contributed by atoms with Gasteiger partial charge in [-0.05, 0) is 29.6 Å². The Kier molecular flexibility index (Phi) is 4.96. The average Bonchev–Trinajstić information content (AvgIpc) is 3.36. The van der Waals surface area contributed by atoms with Crippen LogP contribution in [0, 0.1) is 0 Å². The first-order chi connectivity index (χ1) is 14.6. The van der Waals surface area contributed by atoms with Gasteiger partial charge in [-0.3, -0.25) is 4.79 Å². The van der Waals surface area contributed by atoms with E-state index in [0.29, 0.717) is 9.39 Å². The van der Waals surface area contributed by atoms with E-state index in [1.165, 1.54) is 6.07 Å². The Morgan fingerprint density at radius 3 is 2.39 bits per heavy atom. The van der Waals surface area contributed by atoms with Gasteiger partial charge in [0.15, 0.2) is 11.3 Å².